The lowest BCUT2D eigenvalue weighted by Crippen LogP contribution is -2.31. The summed E-state index contributed by atoms with van der Waals surface area (Å²) in [7, 11) is 0. The number of imidazole rings is 1. The van der Waals surface area contributed by atoms with Crippen molar-refractivity contribution in [3.8, 4) is 0 Å². The maximum atomic E-state index is 11.2. The molecule has 0 aromatic carbocycles. The average molecular weight is 167 g/mol. The molecular formula is C8H13N3O. The highest BCUT2D eigenvalue weighted by molar-refractivity contribution is 5.78. The van der Waals surface area contributed by atoms with Crippen LogP contribution in [-0.4, -0.2) is 21.9 Å². The van der Waals surface area contributed by atoms with E-state index >= 15 is 0 Å². The van der Waals surface area contributed by atoms with E-state index in [1.54, 1.807) is 12.5 Å². The van der Waals surface area contributed by atoms with Crippen molar-refractivity contribution in [1.29, 1.82) is 0 Å². The zero-order valence-corrected chi connectivity index (χ0v) is 7.29. The van der Waals surface area contributed by atoms with Crippen LogP contribution in [0.5, 0.6) is 0 Å². The van der Waals surface area contributed by atoms with Gasteiger partial charge in [-0.05, 0) is 13.8 Å². The lowest BCUT2D eigenvalue weighted by molar-refractivity contribution is -0.120. The van der Waals surface area contributed by atoms with Crippen molar-refractivity contribution in [3.05, 3.63) is 18.2 Å². The first-order valence-electron chi connectivity index (χ1n) is 3.95. The molecule has 4 heteroatoms. The molecule has 0 saturated carbocycles. The van der Waals surface area contributed by atoms with Crippen LogP contribution >= 0.6 is 0 Å². The molecule has 12 heavy (non-hydrogen) atoms. The van der Waals surface area contributed by atoms with Crippen LogP contribution in [0.2, 0.25) is 0 Å². The summed E-state index contributed by atoms with van der Waals surface area (Å²) >= 11 is 0. The molecule has 1 heterocycles. The molecule has 0 atom stereocenters. The molecule has 0 saturated heterocycles. The Morgan fingerprint density at radius 3 is 3.00 bits per heavy atom. The summed E-state index contributed by atoms with van der Waals surface area (Å²) in [6, 6.07) is 0.195. The van der Waals surface area contributed by atoms with Crippen molar-refractivity contribution in [2.24, 2.45) is 0 Å². The fraction of sp³-hybridized carbons (Fsp3) is 0.500. The minimum atomic E-state index is 0.0225. The van der Waals surface area contributed by atoms with Crippen molar-refractivity contribution < 1.29 is 4.79 Å². The van der Waals surface area contributed by atoms with E-state index in [9.17, 15) is 4.79 Å². The summed E-state index contributed by atoms with van der Waals surface area (Å²) in [6.07, 6.45) is 3.59. The topological polar surface area (TPSA) is 57.8 Å². The number of carbonyl (C=O) groups excluding carboxylic acids is 1. The highest BCUT2D eigenvalue weighted by Gasteiger charge is 2.04. The molecule has 0 aliphatic carbocycles. The van der Waals surface area contributed by atoms with Gasteiger partial charge in [0.25, 0.3) is 0 Å². The molecule has 1 amide bonds. The molecule has 0 bridgehead atoms. The van der Waals surface area contributed by atoms with E-state index in [1.807, 2.05) is 13.8 Å². The van der Waals surface area contributed by atoms with Gasteiger partial charge in [-0.2, -0.15) is 0 Å². The molecule has 1 rings (SSSR count). The maximum Gasteiger partial charge on any atom is 0.226 e. The van der Waals surface area contributed by atoms with Crippen LogP contribution < -0.4 is 5.32 Å². The van der Waals surface area contributed by atoms with E-state index < -0.39 is 0 Å². The number of rotatable bonds is 3. The molecule has 0 fully saturated rings. The molecule has 1 aromatic heterocycles. The Morgan fingerprint density at radius 2 is 2.50 bits per heavy atom. The molecule has 0 unspecified atom stereocenters. The van der Waals surface area contributed by atoms with Crippen molar-refractivity contribution in [3.63, 3.8) is 0 Å². The SMILES string of the molecule is CC(C)NC(=O)Cc1cnc[nH]1. The van der Waals surface area contributed by atoms with E-state index in [2.05, 4.69) is 15.3 Å². The average Bonchev–Trinajstić information content (AvgIpc) is 2.37. The molecule has 0 radical (unpaired) electrons. The van der Waals surface area contributed by atoms with Gasteiger partial charge < -0.3 is 10.3 Å². The normalized spacial score (nSPS) is 10.2. The van der Waals surface area contributed by atoms with Gasteiger partial charge in [0, 0.05) is 17.9 Å². The summed E-state index contributed by atoms with van der Waals surface area (Å²) in [4.78, 5) is 17.9. The molecule has 0 aliphatic rings. The predicted molar refractivity (Wildman–Crippen MR) is 45.6 cm³/mol. The van der Waals surface area contributed by atoms with Crippen LogP contribution in [0.1, 0.15) is 19.5 Å². The Hall–Kier alpha value is -1.32. The predicted octanol–water partition coefficient (Wildman–Crippen LogP) is 0.477. The molecule has 0 spiro atoms. The molecule has 66 valence electrons. The van der Waals surface area contributed by atoms with Crippen molar-refractivity contribution in [1.82, 2.24) is 15.3 Å². The Balaban J connectivity index is 2.37. The molecule has 2 N–H and O–H groups in total. The largest absolute Gasteiger partial charge is 0.354 e. The van der Waals surface area contributed by atoms with Gasteiger partial charge in [0.1, 0.15) is 0 Å². The Morgan fingerprint density at radius 1 is 1.75 bits per heavy atom. The van der Waals surface area contributed by atoms with E-state index in [4.69, 9.17) is 0 Å². The first-order valence-corrected chi connectivity index (χ1v) is 3.95. The van der Waals surface area contributed by atoms with Gasteiger partial charge in [-0.15, -0.1) is 0 Å². The quantitative estimate of drug-likeness (QED) is 0.687. The summed E-state index contributed by atoms with van der Waals surface area (Å²) in [5.74, 6) is 0.0225. The number of nitrogens with zero attached hydrogens (tertiary/aromatic N) is 1. The Labute approximate surface area is 71.4 Å². The number of aromatic amines is 1. The maximum absolute atomic E-state index is 11.2. The van der Waals surface area contributed by atoms with E-state index in [-0.39, 0.29) is 11.9 Å². The fourth-order valence-electron chi connectivity index (χ4n) is 0.927. The molecule has 1 aromatic rings. The monoisotopic (exact) mass is 167 g/mol. The summed E-state index contributed by atoms with van der Waals surface area (Å²) in [5.41, 5.74) is 0.841. The summed E-state index contributed by atoms with van der Waals surface area (Å²) < 4.78 is 0. The summed E-state index contributed by atoms with van der Waals surface area (Å²) in [5, 5.41) is 2.79. The van der Waals surface area contributed by atoms with Gasteiger partial charge in [-0.3, -0.25) is 4.79 Å². The van der Waals surface area contributed by atoms with Crippen molar-refractivity contribution in [2.45, 2.75) is 26.3 Å². The van der Waals surface area contributed by atoms with Gasteiger partial charge in [-0.25, -0.2) is 4.98 Å². The van der Waals surface area contributed by atoms with Crippen LogP contribution in [0.15, 0.2) is 12.5 Å². The first-order chi connectivity index (χ1) is 5.68. The van der Waals surface area contributed by atoms with Crippen LogP contribution in [-0.2, 0) is 11.2 Å². The van der Waals surface area contributed by atoms with E-state index in [1.165, 1.54) is 0 Å². The minimum Gasteiger partial charge on any atom is -0.354 e. The smallest absolute Gasteiger partial charge is 0.226 e. The van der Waals surface area contributed by atoms with E-state index in [0.29, 0.717) is 6.42 Å². The highest BCUT2D eigenvalue weighted by Crippen LogP contribution is 1.92. The van der Waals surface area contributed by atoms with Crippen molar-refractivity contribution in [2.75, 3.05) is 0 Å². The van der Waals surface area contributed by atoms with E-state index in [0.717, 1.165) is 5.69 Å². The Kier molecular flexibility index (Phi) is 2.85. The molecule has 0 aliphatic heterocycles. The fourth-order valence-corrected chi connectivity index (χ4v) is 0.927. The van der Waals surface area contributed by atoms with Crippen molar-refractivity contribution >= 4 is 5.91 Å². The minimum absolute atomic E-state index is 0.0225. The van der Waals surface area contributed by atoms with Gasteiger partial charge in [0.2, 0.25) is 5.91 Å². The van der Waals surface area contributed by atoms with Gasteiger partial charge in [0.05, 0.1) is 12.7 Å². The molecular weight excluding hydrogens is 154 g/mol. The zero-order valence-electron chi connectivity index (χ0n) is 7.29. The molecule has 4 nitrogen and oxygen atoms in total. The second-order valence-corrected chi connectivity index (χ2v) is 2.98. The van der Waals surface area contributed by atoms with Crippen LogP contribution in [0.3, 0.4) is 0 Å². The standard InChI is InChI=1S/C8H13N3O/c1-6(2)11-8(12)3-7-4-9-5-10-7/h4-6H,3H2,1-2H3,(H,9,10)(H,11,12). The van der Waals surface area contributed by atoms with Gasteiger partial charge >= 0.3 is 0 Å². The van der Waals surface area contributed by atoms with Gasteiger partial charge in [0.15, 0.2) is 0 Å². The van der Waals surface area contributed by atoms with Crippen LogP contribution in [0.4, 0.5) is 0 Å². The third kappa shape index (κ3) is 2.74. The zero-order chi connectivity index (χ0) is 8.97. The Bertz CT molecular complexity index is 241. The lowest BCUT2D eigenvalue weighted by atomic mass is 10.3. The number of amides is 1. The second-order valence-electron chi connectivity index (χ2n) is 2.98. The van der Waals surface area contributed by atoms with Crippen LogP contribution in [0, 0.1) is 0 Å². The summed E-state index contributed by atoms with van der Waals surface area (Å²) in [6.45, 7) is 3.87. The number of carbonyl (C=O) groups is 1. The number of nitrogens with one attached hydrogen (secondary N) is 2. The lowest BCUT2D eigenvalue weighted by Gasteiger charge is -2.06. The third-order valence-corrected chi connectivity index (χ3v) is 1.36. The van der Waals surface area contributed by atoms with Crippen LogP contribution in [0.25, 0.3) is 0 Å². The third-order valence-electron chi connectivity index (χ3n) is 1.36. The highest BCUT2D eigenvalue weighted by atomic mass is 16.1. The first kappa shape index (κ1) is 8.77. The number of hydrogen-bond donors (Lipinski definition) is 2. The number of hydrogen-bond acceptors (Lipinski definition) is 2. The number of aromatic nitrogens is 2. The number of H-pyrrole nitrogens is 1. The second kappa shape index (κ2) is 3.90. The van der Waals surface area contributed by atoms with Gasteiger partial charge in [-0.1, -0.05) is 0 Å².